The predicted octanol–water partition coefficient (Wildman–Crippen LogP) is 1.95. The topological polar surface area (TPSA) is 127 Å². The lowest BCUT2D eigenvalue weighted by Gasteiger charge is -2.55. The van der Waals surface area contributed by atoms with Crippen molar-refractivity contribution in [2.24, 2.45) is 17.8 Å². The first kappa shape index (κ1) is 25.6. The van der Waals surface area contributed by atoms with Gasteiger partial charge in [0.25, 0.3) is 0 Å². The number of sulfonamides is 2. The molecule has 0 radical (unpaired) electrons. The molecular weight excluding hydrogens is 508 g/mol. The van der Waals surface area contributed by atoms with Crippen molar-refractivity contribution in [3.05, 3.63) is 0 Å². The number of halogens is 4. The molecule has 0 aromatic carbocycles. The lowest BCUT2D eigenvalue weighted by atomic mass is 9.54. The third-order valence-electron chi connectivity index (χ3n) is 7.32. The van der Waals surface area contributed by atoms with Crippen LogP contribution in [0, 0.1) is 17.8 Å². The summed E-state index contributed by atoms with van der Waals surface area (Å²) in [7, 11) is -13.0. The molecule has 1 N–H and O–H groups in total. The molecule has 0 atom stereocenters. The van der Waals surface area contributed by atoms with Crippen molar-refractivity contribution in [1.29, 1.82) is 0 Å². The van der Waals surface area contributed by atoms with Gasteiger partial charge in [-0.05, 0) is 75.5 Å². The number of esters is 1. The van der Waals surface area contributed by atoms with Crippen LogP contribution in [-0.4, -0.2) is 62.8 Å². The normalized spacial score (nSPS) is 32.0. The Morgan fingerprint density at radius 2 is 1.24 bits per heavy atom. The summed E-state index contributed by atoms with van der Waals surface area (Å²) in [5.74, 6) is -4.29. The Labute approximate surface area is 194 Å². The summed E-state index contributed by atoms with van der Waals surface area (Å²) in [4.78, 5) is 24.8. The zero-order chi connectivity index (χ0) is 25.2. The number of rotatable bonds is 7. The second-order valence-electron chi connectivity index (χ2n) is 9.97. The first-order valence-electron chi connectivity index (χ1n) is 11.1. The smallest absolute Gasteiger partial charge is 0.454 e. The molecule has 0 aromatic rings. The molecule has 5 aliphatic rings. The van der Waals surface area contributed by atoms with Crippen molar-refractivity contribution in [3.63, 3.8) is 0 Å². The van der Waals surface area contributed by atoms with Crippen LogP contribution in [0.2, 0.25) is 0 Å². The first-order valence-corrected chi connectivity index (χ1v) is 14.1. The van der Waals surface area contributed by atoms with Crippen LogP contribution in [0.1, 0.15) is 57.8 Å². The van der Waals surface area contributed by atoms with Gasteiger partial charge in [-0.1, -0.05) is 4.13 Å². The fraction of sp³-hybridized carbons (Fsp3) is 0.895. The van der Waals surface area contributed by atoms with Crippen molar-refractivity contribution in [2.45, 2.75) is 73.9 Å². The van der Waals surface area contributed by atoms with Crippen LogP contribution in [0.4, 0.5) is 17.6 Å². The van der Waals surface area contributed by atoms with E-state index in [-0.39, 0.29) is 54.2 Å². The Morgan fingerprint density at radius 1 is 0.794 bits per heavy atom. The molecule has 5 rings (SSSR count). The Kier molecular flexibility index (Phi) is 6.24. The number of hydrogen-bond acceptors (Lipinski definition) is 7. The molecular formula is C19H26F4N2O7S2. The number of nitrogens with zero attached hydrogens (tertiary/aromatic N) is 1. The predicted molar refractivity (Wildman–Crippen MR) is 108 cm³/mol. The lowest BCUT2D eigenvalue weighted by Crippen LogP contribution is -2.59. The molecule has 194 valence electrons. The molecule has 1 amide bonds. The number of alkyl halides is 4. The summed E-state index contributed by atoms with van der Waals surface area (Å²) in [6.45, 7) is -0.380. The maximum atomic E-state index is 14.6. The van der Waals surface area contributed by atoms with Gasteiger partial charge in [0.2, 0.25) is 0 Å². The van der Waals surface area contributed by atoms with E-state index >= 15 is 0 Å². The summed E-state index contributed by atoms with van der Waals surface area (Å²) < 4.78 is 112. The Morgan fingerprint density at radius 3 is 1.71 bits per heavy atom. The van der Waals surface area contributed by atoms with E-state index in [1.807, 2.05) is 0 Å². The maximum absolute atomic E-state index is 14.6. The molecule has 15 heteroatoms. The Balaban J connectivity index is 1.49. The Hall–Kier alpha value is -1.48. The van der Waals surface area contributed by atoms with E-state index in [2.05, 4.69) is 0 Å². The fourth-order valence-electron chi connectivity index (χ4n) is 6.17. The van der Waals surface area contributed by atoms with Gasteiger partial charge in [0.1, 0.15) is 5.60 Å². The average Bonchev–Trinajstić information content (AvgIpc) is 2.71. The summed E-state index contributed by atoms with van der Waals surface area (Å²) >= 11 is 0. The summed E-state index contributed by atoms with van der Waals surface area (Å²) in [6, 6.07) is 0. The van der Waals surface area contributed by atoms with Crippen LogP contribution in [0.25, 0.3) is 0 Å². The molecule has 1 saturated heterocycles. The van der Waals surface area contributed by atoms with Gasteiger partial charge in [-0.2, -0.15) is 17.6 Å². The molecule has 4 aliphatic carbocycles. The highest BCUT2D eigenvalue weighted by Crippen LogP contribution is 2.57. The summed E-state index contributed by atoms with van der Waals surface area (Å²) in [6.07, 6.45) is 4.72. The molecule has 1 aliphatic heterocycles. The minimum atomic E-state index is -6.54. The van der Waals surface area contributed by atoms with Crippen molar-refractivity contribution >= 4 is 31.9 Å². The van der Waals surface area contributed by atoms with Crippen molar-refractivity contribution < 1.29 is 48.7 Å². The van der Waals surface area contributed by atoms with Gasteiger partial charge in [0.15, 0.2) is 0 Å². The van der Waals surface area contributed by atoms with Gasteiger partial charge in [-0.25, -0.2) is 21.6 Å². The van der Waals surface area contributed by atoms with Crippen molar-refractivity contribution in [2.75, 3.05) is 13.1 Å². The van der Waals surface area contributed by atoms with E-state index in [0.29, 0.717) is 24.2 Å². The SMILES string of the molecule is O=C(OC12CC3CC(CC(C3)C1)C2)C(F)(F)S(=O)(=O)NS(=O)(=O)C(F)(F)C(=O)N1CCCCC1. The van der Waals surface area contributed by atoms with Crippen LogP contribution in [-0.2, 0) is 34.4 Å². The second kappa shape index (κ2) is 8.29. The number of ether oxygens (including phenoxy) is 1. The average molecular weight is 535 g/mol. The van der Waals surface area contributed by atoms with E-state index in [0.717, 1.165) is 19.3 Å². The van der Waals surface area contributed by atoms with E-state index in [1.165, 1.54) is 0 Å². The van der Waals surface area contributed by atoms with E-state index in [1.54, 1.807) is 0 Å². The van der Waals surface area contributed by atoms with Gasteiger partial charge in [-0.15, -0.1) is 0 Å². The molecule has 4 bridgehead atoms. The summed E-state index contributed by atoms with van der Waals surface area (Å²) in [5, 5.41) is -10.8. The van der Waals surface area contributed by atoms with Gasteiger partial charge >= 0.3 is 42.4 Å². The maximum Gasteiger partial charge on any atom is 0.455 e. The van der Waals surface area contributed by atoms with E-state index in [4.69, 9.17) is 4.74 Å². The molecule has 5 fully saturated rings. The quantitative estimate of drug-likeness (QED) is 0.391. The zero-order valence-electron chi connectivity index (χ0n) is 18.1. The van der Waals surface area contributed by atoms with E-state index < -0.39 is 48.0 Å². The second-order valence-corrected chi connectivity index (χ2v) is 13.7. The highest BCUT2D eigenvalue weighted by molar-refractivity contribution is 8.06. The van der Waals surface area contributed by atoms with Gasteiger partial charge in [-0.3, -0.25) is 4.79 Å². The number of amides is 1. The minimum absolute atomic E-state index is 0.155. The molecule has 4 saturated carbocycles. The highest BCUT2D eigenvalue weighted by Gasteiger charge is 2.64. The Bertz CT molecular complexity index is 1040. The third kappa shape index (κ3) is 4.31. The van der Waals surface area contributed by atoms with Crippen molar-refractivity contribution in [3.8, 4) is 0 Å². The number of nitrogens with one attached hydrogen (secondary N) is 1. The number of hydrogen-bond donors (Lipinski definition) is 1. The van der Waals surface area contributed by atoms with E-state index in [9.17, 15) is 44.0 Å². The molecule has 0 unspecified atom stereocenters. The highest BCUT2D eigenvalue weighted by atomic mass is 32.3. The van der Waals surface area contributed by atoms with Crippen molar-refractivity contribution in [1.82, 2.24) is 9.03 Å². The largest absolute Gasteiger partial charge is 0.455 e. The standard InChI is InChI=1S/C19H26F4N2O7S2/c20-18(21,15(26)25-4-2-1-3-5-25)33(28,29)24-34(30,31)19(22,23)16(27)32-17-9-12-6-13(10-17)8-14(7-12)11-17/h12-14,24H,1-11H2. The van der Waals surface area contributed by atoms with Crippen LogP contribution < -0.4 is 4.13 Å². The monoisotopic (exact) mass is 534 g/mol. The molecule has 0 aromatic heterocycles. The molecule has 1 heterocycles. The summed E-state index contributed by atoms with van der Waals surface area (Å²) in [5.41, 5.74) is -1.28. The lowest BCUT2D eigenvalue weighted by molar-refractivity contribution is -0.201. The molecule has 9 nitrogen and oxygen atoms in total. The van der Waals surface area contributed by atoms with Crippen LogP contribution >= 0.6 is 0 Å². The number of piperidine rings is 1. The van der Waals surface area contributed by atoms with Gasteiger partial charge < -0.3 is 9.64 Å². The first-order chi connectivity index (χ1) is 15.6. The number of likely N-dealkylation sites (tertiary alicyclic amines) is 1. The van der Waals surface area contributed by atoms with Crippen LogP contribution in [0.3, 0.4) is 0 Å². The van der Waals surface area contributed by atoms with Crippen LogP contribution in [0.15, 0.2) is 0 Å². The fourth-order valence-corrected chi connectivity index (χ4v) is 8.78. The zero-order valence-corrected chi connectivity index (χ0v) is 19.8. The minimum Gasteiger partial charge on any atom is -0.454 e. The molecule has 34 heavy (non-hydrogen) atoms. The number of carbonyl (C=O) groups excluding carboxylic acids is 2. The molecule has 0 spiro atoms. The van der Waals surface area contributed by atoms with Gasteiger partial charge in [0, 0.05) is 13.1 Å². The third-order valence-corrected chi connectivity index (χ3v) is 10.8. The van der Waals surface area contributed by atoms with Crippen LogP contribution in [0.5, 0.6) is 0 Å². The van der Waals surface area contributed by atoms with Gasteiger partial charge in [0.05, 0.1) is 0 Å². The number of carbonyl (C=O) groups is 2.